The molecule has 1 aliphatic heterocycles. The number of esters is 1. The minimum atomic E-state index is -2.92. The van der Waals surface area contributed by atoms with E-state index in [-0.39, 0.29) is 11.3 Å². The number of ether oxygens (including phenoxy) is 2. The smallest absolute Gasteiger partial charge is 0.387 e. The van der Waals surface area contributed by atoms with Crippen molar-refractivity contribution in [1.82, 2.24) is 10.6 Å². The quantitative estimate of drug-likeness (QED) is 0.835. The van der Waals surface area contributed by atoms with Gasteiger partial charge in [-0.1, -0.05) is 12.1 Å². The number of allylic oxidation sites excluding steroid dienone is 1. The Kier molecular flexibility index (Phi) is 4.59. The van der Waals surface area contributed by atoms with Gasteiger partial charge in [-0.3, -0.25) is 0 Å². The van der Waals surface area contributed by atoms with E-state index in [1.165, 1.54) is 31.4 Å². The molecular formula is C14H14F2N2O4. The number of methoxy groups -OCH3 is 1. The molecule has 0 saturated heterocycles. The Morgan fingerprint density at radius 3 is 2.45 bits per heavy atom. The van der Waals surface area contributed by atoms with E-state index in [4.69, 9.17) is 4.74 Å². The number of benzene rings is 1. The molecule has 6 nitrogen and oxygen atoms in total. The Bertz CT molecular complexity index is 614. The summed E-state index contributed by atoms with van der Waals surface area (Å²) in [6.45, 7) is -1.34. The molecule has 22 heavy (non-hydrogen) atoms. The molecule has 8 heteroatoms. The van der Waals surface area contributed by atoms with Gasteiger partial charge in [0.2, 0.25) is 0 Å². The number of rotatable bonds is 4. The molecular weight excluding hydrogens is 298 g/mol. The second kappa shape index (κ2) is 6.42. The Hall–Kier alpha value is -2.64. The van der Waals surface area contributed by atoms with Gasteiger partial charge in [-0.25, -0.2) is 9.59 Å². The highest BCUT2D eigenvalue weighted by Crippen LogP contribution is 2.28. The SMILES string of the molecule is COC(=O)C1=C(C)NC(=O)N[C@@H]1c1ccc(OC(F)F)cc1. The third-order valence-corrected chi connectivity index (χ3v) is 3.11. The maximum Gasteiger partial charge on any atom is 0.387 e. The topological polar surface area (TPSA) is 76.7 Å². The van der Waals surface area contributed by atoms with Crippen molar-refractivity contribution < 1.29 is 27.8 Å². The Morgan fingerprint density at radius 1 is 1.27 bits per heavy atom. The Morgan fingerprint density at radius 2 is 1.91 bits per heavy atom. The van der Waals surface area contributed by atoms with Crippen LogP contribution in [-0.4, -0.2) is 25.7 Å². The van der Waals surface area contributed by atoms with E-state index in [0.717, 1.165) is 0 Å². The number of hydrogen-bond acceptors (Lipinski definition) is 4. The average Bonchev–Trinajstić information content (AvgIpc) is 2.46. The van der Waals surface area contributed by atoms with Crippen LogP contribution < -0.4 is 15.4 Å². The fraction of sp³-hybridized carbons (Fsp3) is 0.286. The van der Waals surface area contributed by atoms with Crippen molar-refractivity contribution in [3.63, 3.8) is 0 Å². The second-order valence-electron chi connectivity index (χ2n) is 4.51. The summed E-state index contributed by atoms with van der Waals surface area (Å²) in [5.41, 5.74) is 1.15. The number of carbonyl (C=O) groups excluding carboxylic acids is 2. The van der Waals surface area contributed by atoms with Gasteiger partial charge in [-0.2, -0.15) is 8.78 Å². The summed E-state index contributed by atoms with van der Waals surface area (Å²) in [5, 5.41) is 5.08. The van der Waals surface area contributed by atoms with Crippen LogP contribution in [0.3, 0.4) is 0 Å². The number of alkyl halides is 2. The lowest BCUT2D eigenvalue weighted by Crippen LogP contribution is -2.45. The Labute approximate surface area is 125 Å². The van der Waals surface area contributed by atoms with E-state index >= 15 is 0 Å². The van der Waals surface area contributed by atoms with Crippen molar-refractivity contribution in [3.8, 4) is 5.75 Å². The van der Waals surface area contributed by atoms with Gasteiger partial charge < -0.3 is 20.1 Å². The van der Waals surface area contributed by atoms with Gasteiger partial charge in [0.25, 0.3) is 0 Å². The standard InChI is InChI=1S/C14H14F2N2O4/c1-7-10(12(19)21-2)11(18-14(20)17-7)8-3-5-9(6-4-8)22-13(15)16/h3-6,11,13H,1-2H3,(H2,17,18,20)/t11-/m1/s1. The summed E-state index contributed by atoms with van der Waals surface area (Å²) in [6, 6.07) is 4.44. The molecule has 1 heterocycles. The number of amides is 2. The summed E-state index contributed by atoms with van der Waals surface area (Å²) in [6.07, 6.45) is 0. The molecule has 0 fully saturated rings. The lowest BCUT2D eigenvalue weighted by atomic mass is 9.95. The van der Waals surface area contributed by atoms with Crippen LogP contribution in [-0.2, 0) is 9.53 Å². The molecule has 0 unspecified atom stereocenters. The first-order valence-electron chi connectivity index (χ1n) is 6.33. The molecule has 118 valence electrons. The van der Waals surface area contributed by atoms with E-state index in [2.05, 4.69) is 15.4 Å². The van der Waals surface area contributed by atoms with Gasteiger partial charge in [-0.05, 0) is 24.6 Å². The van der Waals surface area contributed by atoms with Gasteiger partial charge in [0.1, 0.15) is 5.75 Å². The van der Waals surface area contributed by atoms with E-state index in [1.807, 2.05) is 0 Å². The average molecular weight is 312 g/mol. The number of urea groups is 1. The largest absolute Gasteiger partial charge is 0.466 e. The van der Waals surface area contributed by atoms with E-state index in [1.54, 1.807) is 6.92 Å². The van der Waals surface area contributed by atoms with Gasteiger partial charge >= 0.3 is 18.6 Å². The van der Waals surface area contributed by atoms with E-state index < -0.39 is 24.7 Å². The molecule has 1 atom stereocenters. The van der Waals surface area contributed by atoms with Crippen LogP contribution in [0.25, 0.3) is 0 Å². The summed E-state index contributed by atoms with van der Waals surface area (Å²) in [5.74, 6) is -0.609. The highest BCUT2D eigenvalue weighted by Gasteiger charge is 2.31. The summed E-state index contributed by atoms with van der Waals surface area (Å²) in [7, 11) is 1.23. The molecule has 1 aliphatic rings. The summed E-state index contributed by atoms with van der Waals surface area (Å²) >= 11 is 0. The van der Waals surface area contributed by atoms with E-state index in [9.17, 15) is 18.4 Å². The molecule has 0 radical (unpaired) electrons. The summed E-state index contributed by atoms with van der Waals surface area (Å²) in [4.78, 5) is 23.5. The predicted molar refractivity (Wildman–Crippen MR) is 72.2 cm³/mol. The van der Waals surface area contributed by atoms with Crippen molar-refractivity contribution in [2.24, 2.45) is 0 Å². The lowest BCUT2D eigenvalue weighted by molar-refractivity contribution is -0.136. The maximum absolute atomic E-state index is 12.1. The minimum Gasteiger partial charge on any atom is -0.466 e. The van der Waals surface area contributed by atoms with Gasteiger partial charge in [0.05, 0.1) is 18.7 Å². The summed E-state index contributed by atoms with van der Waals surface area (Å²) < 4.78 is 33.2. The molecule has 0 aliphatic carbocycles. The van der Waals surface area contributed by atoms with Crippen LogP contribution in [0.2, 0.25) is 0 Å². The number of halogens is 2. The first-order valence-corrected chi connectivity index (χ1v) is 6.33. The number of nitrogens with one attached hydrogen (secondary N) is 2. The molecule has 2 N–H and O–H groups in total. The van der Waals surface area contributed by atoms with Crippen LogP contribution in [0.1, 0.15) is 18.5 Å². The van der Waals surface area contributed by atoms with Crippen LogP contribution in [0, 0.1) is 0 Å². The zero-order valence-corrected chi connectivity index (χ0v) is 11.9. The molecule has 0 aromatic heterocycles. The molecule has 0 bridgehead atoms. The van der Waals surface area contributed by atoms with Crippen molar-refractivity contribution in [3.05, 3.63) is 41.1 Å². The van der Waals surface area contributed by atoms with E-state index in [0.29, 0.717) is 11.3 Å². The first-order chi connectivity index (χ1) is 10.4. The fourth-order valence-electron chi connectivity index (χ4n) is 2.17. The highest BCUT2D eigenvalue weighted by atomic mass is 19.3. The van der Waals surface area contributed by atoms with Crippen LogP contribution in [0.15, 0.2) is 35.5 Å². The monoisotopic (exact) mass is 312 g/mol. The number of hydrogen-bond donors (Lipinski definition) is 2. The third-order valence-electron chi connectivity index (χ3n) is 3.11. The normalized spacial score (nSPS) is 17.9. The zero-order valence-electron chi connectivity index (χ0n) is 11.9. The molecule has 2 amide bonds. The van der Waals surface area contributed by atoms with Crippen molar-refractivity contribution in [2.45, 2.75) is 19.6 Å². The third kappa shape index (κ3) is 3.33. The van der Waals surface area contributed by atoms with Crippen LogP contribution in [0.5, 0.6) is 5.75 Å². The van der Waals surface area contributed by atoms with Crippen LogP contribution >= 0.6 is 0 Å². The molecule has 0 spiro atoms. The molecule has 1 aromatic carbocycles. The maximum atomic E-state index is 12.1. The molecule has 1 aromatic rings. The van der Waals surface area contributed by atoms with Gasteiger partial charge in [-0.15, -0.1) is 0 Å². The molecule has 0 saturated carbocycles. The molecule has 2 rings (SSSR count). The number of carbonyl (C=O) groups is 2. The highest BCUT2D eigenvalue weighted by molar-refractivity contribution is 5.94. The van der Waals surface area contributed by atoms with Gasteiger partial charge in [0.15, 0.2) is 0 Å². The van der Waals surface area contributed by atoms with Gasteiger partial charge in [0, 0.05) is 5.70 Å². The van der Waals surface area contributed by atoms with Crippen molar-refractivity contribution >= 4 is 12.0 Å². The second-order valence-corrected chi connectivity index (χ2v) is 4.51. The predicted octanol–water partition coefficient (Wildman–Crippen LogP) is 2.09. The Balaban J connectivity index is 2.33. The van der Waals surface area contributed by atoms with Crippen molar-refractivity contribution in [1.29, 1.82) is 0 Å². The minimum absolute atomic E-state index is 0.0145. The zero-order chi connectivity index (χ0) is 16.3. The lowest BCUT2D eigenvalue weighted by Gasteiger charge is -2.27. The first kappa shape index (κ1) is 15.7. The van der Waals surface area contributed by atoms with Crippen LogP contribution in [0.4, 0.5) is 13.6 Å². The fourth-order valence-corrected chi connectivity index (χ4v) is 2.17. The van der Waals surface area contributed by atoms with Crippen molar-refractivity contribution in [2.75, 3.05) is 7.11 Å².